The number of ketones is 1. The van der Waals surface area contributed by atoms with Gasteiger partial charge in [0.15, 0.2) is 5.78 Å². The highest BCUT2D eigenvalue weighted by atomic mass is 16.5. The Labute approximate surface area is 171 Å². The minimum Gasteiger partial charge on any atom is -0.422 e. The lowest BCUT2D eigenvalue weighted by Gasteiger charge is -2.07. The van der Waals surface area contributed by atoms with E-state index in [1.807, 2.05) is 6.07 Å². The van der Waals surface area contributed by atoms with E-state index in [1.54, 1.807) is 78.9 Å². The van der Waals surface area contributed by atoms with Crippen LogP contribution in [0.1, 0.15) is 26.3 Å². The summed E-state index contributed by atoms with van der Waals surface area (Å²) in [6.07, 6.45) is 2.98. The van der Waals surface area contributed by atoms with Crippen LogP contribution in [0.15, 0.2) is 100 Å². The smallest absolute Gasteiger partial charge is 0.351 e. The molecule has 0 saturated heterocycles. The van der Waals surface area contributed by atoms with Crippen molar-refractivity contribution in [3.63, 3.8) is 0 Å². The van der Waals surface area contributed by atoms with Crippen molar-refractivity contribution < 1.29 is 18.7 Å². The summed E-state index contributed by atoms with van der Waals surface area (Å²) in [5, 5.41) is 0.616. The van der Waals surface area contributed by atoms with Gasteiger partial charge in [0.25, 0.3) is 0 Å². The Balaban J connectivity index is 1.59. The van der Waals surface area contributed by atoms with Gasteiger partial charge in [-0.05, 0) is 30.4 Å². The molecule has 30 heavy (non-hydrogen) atoms. The van der Waals surface area contributed by atoms with Gasteiger partial charge in [-0.25, -0.2) is 9.59 Å². The van der Waals surface area contributed by atoms with E-state index in [-0.39, 0.29) is 17.1 Å². The minimum atomic E-state index is -0.829. The lowest BCUT2D eigenvalue weighted by Crippen LogP contribution is -2.19. The molecule has 4 aromatic rings. The van der Waals surface area contributed by atoms with E-state index in [4.69, 9.17) is 9.15 Å². The maximum absolute atomic E-state index is 12.6. The molecule has 0 aliphatic carbocycles. The van der Waals surface area contributed by atoms with Crippen LogP contribution in [0.3, 0.4) is 0 Å². The van der Waals surface area contributed by atoms with Crippen molar-refractivity contribution in [2.75, 3.05) is 0 Å². The molecule has 4 rings (SSSR count). The number of hydrogen-bond donors (Lipinski definition) is 0. The normalized spacial score (nSPS) is 10.9. The lowest BCUT2D eigenvalue weighted by atomic mass is 10.1. The molecule has 0 amide bonds. The van der Waals surface area contributed by atoms with Crippen molar-refractivity contribution >= 4 is 28.8 Å². The first kappa shape index (κ1) is 19.1. The monoisotopic (exact) mass is 396 g/mol. The summed E-state index contributed by atoms with van der Waals surface area (Å²) in [7, 11) is 0. The molecule has 0 saturated carbocycles. The summed E-state index contributed by atoms with van der Waals surface area (Å²) in [5.41, 5.74) is 0.498. The largest absolute Gasteiger partial charge is 0.422 e. The molecule has 1 aromatic heterocycles. The molecule has 0 aliphatic rings. The average molecular weight is 396 g/mol. The maximum atomic E-state index is 12.6. The number of carbonyl (C=O) groups excluding carboxylic acids is 2. The van der Waals surface area contributed by atoms with Crippen LogP contribution in [0.2, 0.25) is 0 Å². The van der Waals surface area contributed by atoms with Crippen molar-refractivity contribution in [2.24, 2.45) is 0 Å². The fourth-order valence-electron chi connectivity index (χ4n) is 2.93. The van der Waals surface area contributed by atoms with Crippen LogP contribution < -0.4 is 10.4 Å². The van der Waals surface area contributed by atoms with Gasteiger partial charge in [0, 0.05) is 16.5 Å². The molecule has 0 bridgehead atoms. The quantitative estimate of drug-likeness (QED) is 0.158. The number of carbonyl (C=O) groups is 2. The van der Waals surface area contributed by atoms with E-state index in [0.717, 1.165) is 0 Å². The Morgan fingerprint density at radius 2 is 1.53 bits per heavy atom. The van der Waals surface area contributed by atoms with Gasteiger partial charge in [0.2, 0.25) is 0 Å². The molecule has 146 valence electrons. The van der Waals surface area contributed by atoms with Crippen molar-refractivity contribution in [3.05, 3.63) is 118 Å². The number of hydrogen-bond acceptors (Lipinski definition) is 5. The zero-order chi connectivity index (χ0) is 20.9. The summed E-state index contributed by atoms with van der Waals surface area (Å²) < 4.78 is 10.6. The van der Waals surface area contributed by atoms with Gasteiger partial charge in [-0.15, -0.1) is 0 Å². The Hall–Kier alpha value is -4.25. The van der Waals surface area contributed by atoms with E-state index in [9.17, 15) is 14.4 Å². The molecule has 5 nitrogen and oxygen atoms in total. The molecule has 0 aliphatic heterocycles. The second-order valence-corrected chi connectivity index (χ2v) is 6.48. The first-order valence-electron chi connectivity index (χ1n) is 9.23. The summed E-state index contributed by atoms with van der Waals surface area (Å²) >= 11 is 0. The Morgan fingerprint density at radius 1 is 0.833 bits per heavy atom. The van der Waals surface area contributed by atoms with E-state index in [1.165, 1.54) is 12.1 Å². The third kappa shape index (κ3) is 4.10. The topological polar surface area (TPSA) is 73.6 Å². The van der Waals surface area contributed by atoms with Gasteiger partial charge in [0.05, 0.1) is 0 Å². The van der Waals surface area contributed by atoms with Gasteiger partial charge >= 0.3 is 11.6 Å². The maximum Gasteiger partial charge on any atom is 0.351 e. The van der Waals surface area contributed by atoms with Crippen LogP contribution in [0.25, 0.3) is 17.0 Å². The zero-order valence-corrected chi connectivity index (χ0v) is 15.8. The molecule has 1 heterocycles. The number of allylic oxidation sites excluding steroid dienone is 1. The standard InChI is InChI=1S/C25H16O5/c26-21(17-8-2-1-3-9-17)15-14-18-10-4-6-12-22(18)29-24(27)20-16-19-11-5-7-13-23(19)30-25(20)28/h1-16H/b15-14+. The number of ether oxygens (including phenoxy) is 1. The van der Waals surface area contributed by atoms with Gasteiger partial charge in [0.1, 0.15) is 16.9 Å². The molecule has 0 N–H and O–H groups in total. The second kappa shape index (κ2) is 8.41. The van der Waals surface area contributed by atoms with Crippen LogP contribution in [0.4, 0.5) is 0 Å². The summed E-state index contributed by atoms with van der Waals surface area (Å²) in [5.74, 6) is -0.774. The second-order valence-electron chi connectivity index (χ2n) is 6.48. The molecule has 0 spiro atoms. The SMILES string of the molecule is O=C(/C=C/c1ccccc1OC(=O)c1cc2ccccc2oc1=O)c1ccccc1. The Morgan fingerprint density at radius 3 is 2.37 bits per heavy atom. The summed E-state index contributed by atoms with van der Waals surface area (Å²) in [6.45, 7) is 0. The molecular weight excluding hydrogens is 380 g/mol. The zero-order valence-electron chi connectivity index (χ0n) is 15.8. The van der Waals surface area contributed by atoms with Crippen LogP contribution in [-0.2, 0) is 0 Å². The van der Waals surface area contributed by atoms with Crippen LogP contribution in [-0.4, -0.2) is 11.8 Å². The molecule has 5 heteroatoms. The van der Waals surface area contributed by atoms with E-state index in [2.05, 4.69) is 0 Å². The van der Waals surface area contributed by atoms with Crippen LogP contribution in [0, 0.1) is 0 Å². The fraction of sp³-hybridized carbons (Fsp3) is 0. The number of fused-ring (bicyclic) bond motifs is 1. The number of benzene rings is 3. The number of esters is 1. The molecule has 0 radical (unpaired) electrons. The molecule has 0 unspecified atom stereocenters. The van der Waals surface area contributed by atoms with Gasteiger partial charge in [-0.3, -0.25) is 4.79 Å². The van der Waals surface area contributed by atoms with Crippen molar-refractivity contribution in [2.45, 2.75) is 0 Å². The Kier molecular flexibility index (Phi) is 5.35. The predicted octanol–water partition coefficient (Wildman–Crippen LogP) is 4.91. The van der Waals surface area contributed by atoms with E-state index in [0.29, 0.717) is 22.1 Å². The highest BCUT2D eigenvalue weighted by molar-refractivity contribution is 6.07. The van der Waals surface area contributed by atoms with Gasteiger partial charge in [-0.1, -0.05) is 66.7 Å². The summed E-state index contributed by atoms with van der Waals surface area (Å²) in [4.78, 5) is 37.1. The molecule has 0 fully saturated rings. The predicted molar refractivity (Wildman–Crippen MR) is 114 cm³/mol. The van der Waals surface area contributed by atoms with Crippen LogP contribution in [0.5, 0.6) is 5.75 Å². The summed E-state index contributed by atoms with van der Waals surface area (Å²) in [6, 6.07) is 23.9. The third-order valence-electron chi connectivity index (χ3n) is 4.46. The average Bonchev–Trinajstić information content (AvgIpc) is 2.78. The fourth-order valence-corrected chi connectivity index (χ4v) is 2.93. The highest BCUT2D eigenvalue weighted by Crippen LogP contribution is 2.21. The Bertz CT molecular complexity index is 1320. The first-order chi connectivity index (χ1) is 14.6. The minimum absolute atomic E-state index is 0.174. The van der Waals surface area contributed by atoms with Crippen LogP contribution >= 0.6 is 0 Å². The van der Waals surface area contributed by atoms with E-state index >= 15 is 0 Å². The number of para-hydroxylation sites is 2. The highest BCUT2D eigenvalue weighted by Gasteiger charge is 2.17. The van der Waals surface area contributed by atoms with Crippen molar-refractivity contribution in [1.29, 1.82) is 0 Å². The van der Waals surface area contributed by atoms with E-state index < -0.39 is 11.6 Å². The van der Waals surface area contributed by atoms with Crippen molar-refractivity contribution in [1.82, 2.24) is 0 Å². The molecular formula is C25H16O5. The lowest BCUT2D eigenvalue weighted by molar-refractivity contribution is 0.0730. The first-order valence-corrected chi connectivity index (χ1v) is 9.23. The third-order valence-corrected chi connectivity index (χ3v) is 4.46. The van der Waals surface area contributed by atoms with Gasteiger partial charge in [-0.2, -0.15) is 0 Å². The van der Waals surface area contributed by atoms with Crippen molar-refractivity contribution in [3.8, 4) is 5.75 Å². The number of rotatable bonds is 5. The van der Waals surface area contributed by atoms with Gasteiger partial charge < -0.3 is 9.15 Å². The molecule has 3 aromatic carbocycles. The molecule has 0 atom stereocenters.